The number of rotatable bonds is 1. The van der Waals surface area contributed by atoms with Crippen LogP contribution in [0, 0.1) is 17.3 Å². The van der Waals surface area contributed by atoms with E-state index in [0.29, 0.717) is 11.8 Å². The van der Waals surface area contributed by atoms with E-state index in [2.05, 4.69) is 6.92 Å². The van der Waals surface area contributed by atoms with E-state index in [-0.39, 0.29) is 11.0 Å². The van der Waals surface area contributed by atoms with Gasteiger partial charge in [0.05, 0.1) is 12.2 Å². The van der Waals surface area contributed by atoms with Crippen LogP contribution >= 0.6 is 0 Å². The molecule has 1 aliphatic heterocycles. The van der Waals surface area contributed by atoms with Crippen molar-refractivity contribution in [3.63, 3.8) is 0 Å². The minimum Gasteiger partial charge on any atom is -0.378 e. The van der Waals surface area contributed by atoms with Crippen molar-refractivity contribution in [2.45, 2.75) is 44.5 Å². The van der Waals surface area contributed by atoms with E-state index in [0.717, 1.165) is 25.9 Å². The van der Waals surface area contributed by atoms with Crippen LogP contribution in [-0.2, 0) is 9.47 Å². The van der Waals surface area contributed by atoms with Gasteiger partial charge in [0.2, 0.25) is 0 Å². The Morgan fingerprint density at radius 2 is 2.13 bits per heavy atom. The van der Waals surface area contributed by atoms with E-state index in [9.17, 15) is 5.11 Å². The normalized spacial score (nSPS) is 58.2. The van der Waals surface area contributed by atoms with E-state index in [1.165, 1.54) is 6.42 Å². The molecular weight excluding hydrogens is 192 g/mol. The molecule has 0 aromatic rings. The molecule has 4 unspecified atom stereocenters. The van der Waals surface area contributed by atoms with Crippen LogP contribution in [0.3, 0.4) is 0 Å². The molecule has 2 saturated carbocycles. The van der Waals surface area contributed by atoms with Crippen molar-refractivity contribution in [1.29, 1.82) is 0 Å². The van der Waals surface area contributed by atoms with Gasteiger partial charge < -0.3 is 14.6 Å². The molecule has 3 fully saturated rings. The van der Waals surface area contributed by atoms with E-state index in [1.54, 1.807) is 0 Å². The van der Waals surface area contributed by atoms with Crippen molar-refractivity contribution >= 4 is 0 Å². The zero-order valence-electron chi connectivity index (χ0n) is 9.53. The van der Waals surface area contributed by atoms with Crippen molar-refractivity contribution in [3.8, 4) is 0 Å². The topological polar surface area (TPSA) is 38.7 Å². The van der Waals surface area contributed by atoms with E-state index >= 15 is 0 Å². The fourth-order valence-electron chi connectivity index (χ4n) is 4.20. The molecule has 1 heterocycles. The third kappa shape index (κ3) is 1.12. The standard InChI is InChI=1S/C12H20O3/c1-11(14-2)6-9-5-8(11)7-12(9)3-4-15-10(12)13/h8-10,13H,3-7H2,1-2H3/t8?,9?,10-,11?,12?/m0/s1. The molecule has 1 spiro atoms. The maximum atomic E-state index is 9.98. The second kappa shape index (κ2) is 2.96. The maximum absolute atomic E-state index is 9.98. The van der Waals surface area contributed by atoms with Gasteiger partial charge in [0.15, 0.2) is 6.29 Å². The molecule has 2 bridgehead atoms. The largest absolute Gasteiger partial charge is 0.378 e. The Kier molecular flexibility index (Phi) is 1.99. The van der Waals surface area contributed by atoms with Gasteiger partial charge >= 0.3 is 0 Å². The number of methoxy groups -OCH3 is 1. The van der Waals surface area contributed by atoms with Crippen molar-refractivity contribution in [2.24, 2.45) is 17.3 Å². The van der Waals surface area contributed by atoms with E-state index < -0.39 is 6.29 Å². The number of hydrogen-bond donors (Lipinski definition) is 1. The highest BCUT2D eigenvalue weighted by molar-refractivity contribution is 5.11. The van der Waals surface area contributed by atoms with Crippen LogP contribution in [0.5, 0.6) is 0 Å². The summed E-state index contributed by atoms with van der Waals surface area (Å²) in [5, 5.41) is 9.98. The molecule has 0 amide bonds. The minimum atomic E-state index is -0.520. The van der Waals surface area contributed by atoms with Crippen LogP contribution in [0.1, 0.15) is 32.6 Å². The van der Waals surface area contributed by atoms with Crippen LogP contribution in [0.25, 0.3) is 0 Å². The van der Waals surface area contributed by atoms with Crippen molar-refractivity contribution in [1.82, 2.24) is 0 Å². The Balaban J connectivity index is 1.86. The Bertz CT molecular complexity index is 280. The average Bonchev–Trinajstić information content (AvgIpc) is 2.83. The number of aliphatic hydroxyl groups excluding tert-OH is 1. The predicted molar refractivity (Wildman–Crippen MR) is 55.3 cm³/mol. The van der Waals surface area contributed by atoms with Crippen LogP contribution in [0.4, 0.5) is 0 Å². The lowest BCUT2D eigenvalue weighted by Gasteiger charge is -2.42. The lowest BCUT2D eigenvalue weighted by Crippen LogP contribution is -2.44. The highest BCUT2D eigenvalue weighted by atomic mass is 16.6. The molecule has 15 heavy (non-hydrogen) atoms. The highest BCUT2D eigenvalue weighted by Crippen LogP contribution is 2.64. The highest BCUT2D eigenvalue weighted by Gasteiger charge is 2.64. The van der Waals surface area contributed by atoms with Crippen molar-refractivity contribution in [2.75, 3.05) is 13.7 Å². The molecule has 3 rings (SSSR count). The number of fused-ring (bicyclic) bond motifs is 3. The fourth-order valence-corrected chi connectivity index (χ4v) is 4.20. The molecule has 5 atom stereocenters. The van der Waals surface area contributed by atoms with Gasteiger partial charge in [-0.1, -0.05) is 0 Å². The third-order valence-corrected chi connectivity index (χ3v) is 5.33. The van der Waals surface area contributed by atoms with Gasteiger partial charge in [-0.25, -0.2) is 0 Å². The average molecular weight is 212 g/mol. The molecule has 3 nitrogen and oxygen atoms in total. The quantitative estimate of drug-likeness (QED) is 0.716. The summed E-state index contributed by atoms with van der Waals surface area (Å²) in [6.45, 7) is 2.95. The van der Waals surface area contributed by atoms with Crippen molar-refractivity contribution in [3.05, 3.63) is 0 Å². The molecule has 86 valence electrons. The molecule has 3 heteroatoms. The molecule has 1 saturated heterocycles. The Morgan fingerprint density at radius 1 is 1.33 bits per heavy atom. The number of ether oxygens (including phenoxy) is 2. The van der Waals surface area contributed by atoms with Gasteiger partial charge in [-0.05, 0) is 44.4 Å². The summed E-state index contributed by atoms with van der Waals surface area (Å²) in [6.07, 6.45) is 3.91. The summed E-state index contributed by atoms with van der Waals surface area (Å²) in [4.78, 5) is 0. The molecule has 0 aromatic heterocycles. The van der Waals surface area contributed by atoms with Crippen LogP contribution in [-0.4, -0.2) is 30.7 Å². The monoisotopic (exact) mass is 212 g/mol. The van der Waals surface area contributed by atoms with Gasteiger partial charge in [-0.2, -0.15) is 0 Å². The second-order valence-electron chi connectivity index (χ2n) is 5.76. The van der Waals surface area contributed by atoms with Gasteiger partial charge in [0.1, 0.15) is 0 Å². The number of hydrogen-bond acceptors (Lipinski definition) is 3. The van der Waals surface area contributed by atoms with Gasteiger partial charge in [-0.15, -0.1) is 0 Å². The first-order chi connectivity index (χ1) is 7.11. The van der Waals surface area contributed by atoms with Crippen molar-refractivity contribution < 1.29 is 14.6 Å². The van der Waals surface area contributed by atoms with Crippen LogP contribution in [0.15, 0.2) is 0 Å². The summed E-state index contributed by atoms with van der Waals surface area (Å²) in [5.74, 6) is 1.22. The lowest BCUT2D eigenvalue weighted by atomic mass is 9.67. The SMILES string of the molecule is COC1(C)CC2CC1CC21CCO[C@@H]1O. The molecular formula is C12H20O3. The molecule has 0 aromatic carbocycles. The Hall–Kier alpha value is -0.120. The lowest BCUT2D eigenvalue weighted by molar-refractivity contribution is -0.153. The van der Waals surface area contributed by atoms with Gasteiger partial charge in [0.25, 0.3) is 0 Å². The van der Waals surface area contributed by atoms with E-state index in [4.69, 9.17) is 9.47 Å². The minimum absolute atomic E-state index is 0.0538. The molecule has 0 radical (unpaired) electrons. The summed E-state index contributed by atoms with van der Waals surface area (Å²) in [5.41, 5.74) is 0.126. The zero-order chi connectivity index (χ0) is 10.7. The maximum Gasteiger partial charge on any atom is 0.160 e. The van der Waals surface area contributed by atoms with Gasteiger partial charge in [-0.3, -0.25) is 0 Å². The zero-order valence-corrected chi connectivity index (χ0v) is 9.53. The van der Waals surface area contributed by atoms with Crippen LogP contribution in [0.2, 0.25) is 0 Å². The van der Waals surface area contributed by atoms with Crippen LogP contribution < -0.4 is 0 Å². The first kappa shape index (κ1) is 10.1. The smallest absolute Gasteiger partial charge is 0.160 e. The molecule has 3 aliphatic rings. The molecule has 2 aliphatic carbocycles. The first-order valence-electron chi connectivity index (χ1n) is 5.95. The fraction of sp³-hybridized carbons (Fsp3) is 1.00. The van der Waals surface area contributed by atoms with Gasteiger partial charge in [0, 0.05) is 12.5 Å². The van der Waals surface area contributed by atoms with E-state index in [1.807, 2.05) is 7.11 Å². The third-order valence-electron chi connectivity index (χ3n) is 5.33. The summed E-state index contributed by atoms with van der Waals surface area (Å²) >= 11 is 0. The second-order valence-corrected chi connectivity index (χ2v) is 5.76. The Labute approximate surface area is 90.8 Å². The summed E-state index contributed by atoms with van der Waals surface area (Å²) in [6, 6.07) is 0. The summed E-state index contributed by atoms with van der Waals surface area (Å²) in [7, 11) is 1.81. The molecule has 1 N–H and O–H groups in total. The number of aliphatic hydroxyl groups is 1. The summed E-state index contributed by atoms with van der Waals surface area (Å²) < 4.78 is 11.0. The predicted octanol–water partition coefficient (Wildman–Crippen LogP) is 1.55. The first-order valence-corrected chi connectivity index (χ1v) is 5.95. The Morgan fingerprint density at radius 3 is 2.60 bits per heavy atom.